The van der Waals surface area contributed by atoms with E-state index in [0.717, 1.165) is 13.1 Å². The van der Waals surface area contributed by atoms with Gasteiger partial charge in [-0.2, -0.15) is 0 Å². The molecule has 3 heteroatoms. The summed E-state index contributed by atoms with van der Waals surface area (Å²) in [6, 6.07) is 0. The molecular weight excluding hydrogens is 154 g/mol. The number of hydrogen-bond acceptors (Lipinski definition) is 3. The van der Waals surface area contributed by atoms with Crippen molar-refractivity contribution in [3.63, 3.8) is 0 Å². The zero-order chi connectivity index (χ0) is 9.61. The summed E-state index contributed by atoms with van der Waals surface area (Å²) in [5, 5.41) is 20.9. The topological polar surface area (TPSA) is 52.5 Å². The number of aliphatic hydroxyl groups excluding tert-OH is 2. The minimum absolute atomic E-state index is 0.0603. The lowest BCUT2D eigenvalue weighted by molar-refractivity contribution is 0.152. The molecule has 0 radical (unpaired) electrons. The minimum Gasteiger partial charge on any atom is -0.396 e. The van der Waals surface area contributed by atoms with Crippen LogP contribution < -0.4 is 5.32 Å². The monoisotopic (exact) mass is 175 g/mol. The summed E-state index contributed by atoms with van der Waals surface area (Å²) >= 11 is 0. The molecule has 3 N–H and O–H groups in total. The van der Waals surface area contributed by atoms with E-state index in [1.807, 2.05) is 20.8 Å². The maximum absolute atomic E-state index is 8.93. The first-order valence-corrected chi connectivity index (χ1v) is 4.44. The Hall–Kier alpha value is -0.120. The van der Waals surface area contributed by atoms with Crippen LogP contribution in [0.4, 0.5) is 0 Å². The van der Waals surface area contributed by atoms with Crippen molar-refractivity contribution >= 4 is 0 Å². The van der Waals surface area contributed by atoms with Gasteiger partial charge in [0, 0.05) is 25.2 Å². The van der Waals surface area contributed by atoms with E-state index in [1.165, 1.54) is 0 Å². The first kappa shape index (κ1) is 11.9. The Labute approximate surface area is 74.8 Å². The van der Waals surface area contributed by atoms with Crippen LogP contribution in [0.25, 0.3) is 0 Å². The van der Waals surface area contributed by atoms with Crippen molar-refractivity contribution < 1.29 is 10.2 Å². The highest BCUT2D eigenvalue weighted by atomic mass is 16.3. The first-order valence-electron chi connectivity index (χ1n) is 4.44. The van der Waals surface area contributed by atoms with Crippen LogP contribution in [0.5, 0.6) is 0 Å². The quantitative estimate of drug-likeness (QED) is 0.541. The molecule has 0 aromatic heterocycles. The Bertz CT molecular complexity index is 115. The van der Waals surface area contributed by atoms with Crippen molar-refractivity contribution in [3.05, 3.63) is 0 Å². The highest BCUT2D eigenvalue weighted by molar-refractivity contribution is 4.70. The second kappa shape index (κ2) is 5.51. The molecular formula is C9H21NO2. The van der Waals surface area contributed by atoms with E-state index >= 15 is 0 Å². The average molecular weight is 175 g/mol. The Morgan fingerprint density at radius 3 is 2.33 bits per heavy atom. The summed E-state index contributed by atoms with van der Waals surface area (Å²) in [6.07, 6.45) is 0. The fourth-order valence-corrected chi connectivity index (χ4v) is 0.777. The van der Waals surface area contributed by atoms with Gasteiger partial charge in [-0.15, -0.1) is 0 Å². The van der Waals surface area contributed by atoms with Crippen LogP contribution in [-0.2, 0) is 0 Å². The van der Waals surface area contributed by atoms with Gasteiger partial charge < -0.3 is 15.5 Å². The maximum Gasteiger partial charge on any atom is 0.0494 e. The van der Waals surface area contributed by atoms with Gasteiger partial charge in [0.15, 0.2) is 0 Å². The zero-order valence-corrected chi connectivity index (χ0v) is 8.30. The van der Waals surface area contributed by atoms with Gasteiger partial charge in [-0.1, -0.05) is 20.8 Å². The smallest absolute Gasteiger partial charge is 0.0494 e. The highest BCUT2D eigenvalue weighted by Crippen LogP contribution is 2.11. The molecule has 0 aromatic carbocycles. The molecule has 0 amide bonds. The van der Waals surface area contributed by atoms with Crippen LogP contribution in [0.15, 0.2) is 0 Å². The Morgan fingerprint density at radius 2 is 1.92 bits per heavy atom. The second-order valence-corrected chi connectivity index (χ2v) is 4.24. The second-order valence-electron chi connectivity index (χ2n) is 4.24. The molecule has 0 aliphatic heterocycles. The van der Waals surface area contributed by atoms with Gasteiger partial charge in [-0.05, 0) is 12.5 Å². The van der Waals surface area contributed by atoms with E-state index < -0.39 is 0 Å². The molecule has 0 rings (SSSR count). The molecule has 0 aromatic rings. The molecule has 12 heavy (non-hydrogen) atoms. The van der Waals surface area contributed by atoms with E-state index in [9.17, 15) is 0 Å². The molecule has 0 aliphatic rings. The van der Waals surface area contributed by atoms with E-state index in [2.05, 4.69) is 5.32 Å². The molecule has 0 spiro atoms. The van der Waals surface area contributed by atoms with Gasteiger partial charge >= 0.3 is 0 Å². The standard InChI is InChI=1S/C9H21NO2/c1-8(5-11)4-10-6-9(2,3)7-12/h8,10-12H,4-7H2,1-3H3. The fraction of sp³-hybridized carbons (Fsp3) is 1.00. The van der Waals surface area contributed by atoms with Crippen LogP contribution in [0.2, 0.25) is 0 Å². The zero-order valence-electron chi connectivity index (χ0n) is 8.30. The Balaban J connectivity index is 3.42. The third-order valence-electron chi connectivity index (χ3n) is 1.84. The normalized spacial score (nSPS) is 14.8. The van der Waals surface area contributed by atoms with E-state index in [4.69, 9.17) is 10.2 Å². The summed E-state index contributed by atoms with van der Waals surface area (Å²) in [4.78, 5) is 0. The molecule has 0 fully saturated rings. The van der Waals surface area contributed by atoms with Gasteiger partial charge in [-0.3, -0.25) is 0 Å². The average Bonchev–Trinajstić information content (AvgIpc) is 2.04. The van der Waals surface area contributed by atoms with Crippen molar-refractivity contribution in [1.82, 2.24) is 5.32 Å². The molecule has 1 atom stereocenters. The summed E-state index contributed by atoms with van der Waals surface area (Å²) < 4.78 is 0. The number of rotatable bonds is 6. The SMILES string of the molecule is CC(CO)CNCC(C)(C)CO. The van der Waals surface area contributed by atoms with Gasteiger partial charge in [0.05, 0.1) is 0 Å². The number of nitrogens with one attached hydrogen (secondary N) is 1. The van der Waals surface area contributed by atoms with E-state index in [0.29, 0.717) is 5.92 Å². The molecule has 3 nitrogen and oxygen atoms in total. The predicted molar refractivity (Wildman–Crippen MR) is 50.0 cm³/mol. The third kappa shape index (κ3) is 5.52. The van der Waals surface area contributed by atoms with Crippen LogP contribution in [-0.4, -0.2) is 36.5 Å². The largest absolute Gasteiger partial charge is 0.396 e. The van der Waals surface area contributed by atoms with Crippen LogP contribution in [0.1, 0.15) is 20.8 Å². The van der Waals surface area contributed by atoms with Gasteiger partial charge in [-0.25, -0.2) is 0 Å². The fourth-order valence-electron chi connectivity index (χ4n) is 0.777. The molecule has 74 valence electrons. The lowest BCUT2D eigenvalue weighted by atomic mass is 9.95. The Kier molecular flexibility index (Phi) is 5.46. The summed E-state index contributed by atoms with van der Waals surface area (Å²) in [6.45, 7) is 7.99. The van der Waals surface area contributed by atoms with Crippen molar-refractivity contribution in [2.45, 2.75) is 20.8 Å². The van der Waals surface area contributed by atoms with Gasteiger partial charge in [0.1, 0.15) is 0 Å². The van der Waals surface area contributed by atoms with E-state index in [-0.39, 0.29) is 18.6 Å². The van der Waals surface area contributed by atoms with Crippen molar-refractivity contribution in [3.8, 4) is 0 Å². The predicted octanol–water partition coefficient (Wildman–Crippen LogP) is 0.223. The number of aliphatic hydroxyl groups is 2. The van der Waals surface area contributed by atoms with Crippen LogP contribution >= 0.6 is 0 Å². The molecule has 0 bridgehead atoms. The Morgan fingerprint density at radius 1 is 1.33 bits per heavy atom. The summed E-state index contributed by atoms with van der Waals surface area (Å²) in [5.74, 6) is 0.291. The lowest BCUT2D eigenvalue weighted by Crippen LogP contribution is -2.35. The van der Waals surface area contributed by atoms with Crippen molar-refractivity contribution in [2.24, 2.45) is 11.3 Å². The van der Waals surface area contributed by atoms with Gasteiger partial charge in [0.25, 0.3) is 0 Å². The van der Waals surface area contributed by atoms with Crippen molar-refractivity contribution in [1.29, 1.82) is 0 Å². The van der Waals surface area contributed by atoms with Crippen molar-refractivity contribution in [2.75, 3.05) is 26.3 Å². The molecule has 0 heterocycles. The van der Waals surface area contributed by atoms with Crippen LogP contribution in [0.3, 0.4) is 0 Å². The van der Waals surface area contributed by atoms with Gasteiger partial charge in [0.2, 0.25) is 0 Å². The summed E-state index contributed by atoms with van der Waals surface area (Å²) in [7, 11) is 0. The van der Waals surface area contributed by atoms with E-state index in [1.54, 1.807) is 0 Å². The molecule has 0 aliphatic carbocycles. The number of hydrogen-bond donors (Lipinski definition) is 3. The first-order chi connectivity index (χ1) is 5.52. The molecule has 1 unspecified atom stereocenters. The highest BCUT2D eigenvalue weighted by Gasteiger charge is 2.15. The molecule has 0 saturated heterocycles. The molecule has 0 saturated carbocycles. The third-order valence-corrected chi connectivity index (χ3v) is 1.84. The maximum atomic E-state index is 8.93. The summed E-state index contributed by atoms with van der Waals surface area (Å²) in [5.41, 5.74) is -0.0603. The minimum atomic E-state index is -0.0603. The van der Waals surface area contributed by atoms with Crippen LogP contribution in [0, 0.1) is 11.3 Å². The lowest BCUT2D eigenvalue weighted by Gasteiger charge is -2.22.